The van der Waals surface area contributed by atoms with Crippen LogP contribution in [-0.4, -0.2) is 36.8 Å². The number of aryl methyl sites for hydroxylation is 1. The van der Waals surface area contributed by atoms with Crippen molar-refractivity contribution >= 4 is 29.0 Å². The number of amides is 1. The van der Waals surface area contributed by atoms with Gasteiger partial charge in [-0.15, -0.1) is 0 Å². The highest BCUT2D eigenvalue weighted by molar-refractivity contribution is 6.02. The molecule has 1 aromatic heterocycles. The number of nitrogens with zero attached hydrogens (tertiary/aromatic N) is 2. The van der Waals surface area contributed by atoms with Crippen LogP contribution in [0.15, 0.2) is 42.5 Å². The standard InChI is InChI=1S/C22H25N3O4/c1-5-12-25-17-9-7-6-8-16(17)23-22(25)24-20(26)11-10-15-13-18(27-2)21(29-4)19(14-15)28-3/h6-11,13-14H,5,12H2,1-4H3,(H,23,24,26)/b11-10+. The molecule has 0 unspecified atom stereocenters. The Morgan fingerprint density at radius 3 is 2.41 bits per heavy atom. The first-order valence-electron chi connectivity index (χ1n) is 9.35. The Bertz CT molecular complexity index is 1010. The summed E-state index contributed by atoms with van der Waals surface area (Å²) in [4.78, 5) is 17.1. The monoisotopic (exact) mass is 395 g/mol. The second-order valence-electron chi connectivity index (χ2n) is 6.36. The van der Waals surface area contributed by atoms with Crippen LogP contribution in [-0.2, 0) is 11.3 Å². The molecule has 7 heteroatoms. The van der Waals surface area contributed by atoms with Gasteiger partial charge >= 0.3 is 0 Å². The Balaban J connectivity index is 1.83. The second kappa shape index (κ2) is 9.14. The van der Waals surface area contributed by atoms with Crippen molar-refractivity contribution in [3.63, 3.8) is 0 Å². The number of fused-ring (bicyclic) bond motifs is 1. The first-order chi connectivity index (χ1) is 14.1. The predicted octanol–water partition coefficient (Wildman–Crippen LogP) is 4.12. The van der Waals surface area contributed by atoms with E-state index in [1.165, 1.54) is 6.08 Å². The van der Waals surface area contributed by atoms with Crippen molar-refractivity contribution in [1.82, 2.24) is 9.55 Å². The zero-order valence-electron chi connectivity index (χ0n) is 17.1. The normalized spacial score (nSPS) is 11.0. The average Bonchev–Trinajstić information content (AvgIpc) is 3.08. The third-order valence-electron chi connectivity index (χ3n) is 4.45. The number of hydrogen-bond acceptors (Lipinski definition) is 5. The van der Waals surface area contributed by atoms with E-state index in [9.17, 15) is 4.79 Å². The van der Waals surface area contributed by atoms with Gasteiger partial charge in [-0.25, -0.2) is 4.98 Å². The summed E-state index contributed by atoms with van der Waals surface area (Å²) in [6.45, 7) is 2.86. The maximum absolute atomic E-state index is 12.5. The molecule has 0 spiro atoms. The Morgan fingerprint density at radius 2 is 1.79 bits per heavy atom. The van der Waals surface area contributed by atoms with Crippen molar-refractivity contribution in [2.75, 3.05) is 26.6 Å². The van der Waals surface area contributed by atoms with Crippen LogP contribution in [0.4, 0.5) is 5.95 Å². The number of carbonyl (C=O) groups is 1. The van der Waals surface area contributed by atoms with Crippen LogP contribution in [0.3, 0.4) is 0 Å². The summed E-state index contributed by atoms with van der Waals surface area (Å²) in [7, 11) is 4.65. The summed E-state index contributed by atoms with van der Waals surface area (Å²) >= 11 is 0. The molecule has 152 valence electrons. The van der Waals surface area contributed by atoms with Crippen molar-refractivity contribution in [1.29, 1.82) is 0 Å². The molecule has 7 nitrogen and oxygen atoms in total. The van der Waals surface area contributed by atoms with Crippen molar-refractivity contribution in [3.05, 3.63) is 48.0 Å². The number of nitrogens with one attached hydrogen (secondary N) is 1. The van der Waals surface area contributed by atoms with Crippen molar-refractivity contribution in [2.45, 2.75) is 19.9 Å². The van der Waals surface area contributed by atoms with Gasteiger partial charge in [-0.1, -0.05) is 19.1 Å². The van der Waals surface area contributed by atoms with Crippen LogP contribution in [0.25, 0.3) is 17.1 Å². The molecular formula is C22H25N3O4. The summed E-state index contributed by atoms with van der Waals surface area (Å²) in [5.74, 6) is 1.82. The van der Waals surface area contributed by atoms with Gasteiger partial charge in [-0.2, -0.15) is 0 Å². The second-order valence-corrected chi connectivity index (χ2v) is 6.36. The van der Waals surface area contributed by atoms with E-state index in [2.05, 4.69) is 17.2 Å². The van der Waals surface area contributed by atoms with Gasteiger partial charge in [0.1, 0.15) is 0 Å². The van der Waals surface area contributed by atoms with Crippen LogP contribution in [0.1, 0.15) is 18.9 Å². The van der Waals surface area contributed by atoms with Gasteiger partial charge < -0.3 is 18.8 Å². The molecule has 1 heterocycles. The first-order valence-corrected chi connectivity index (χ1v) is 9.35. The highest BCUT2D eigenvalue weighted by atomic mass is 16.5. The van der Waals surface area contributed by atoms with Gasteiger partial charge in [0, 0.05) is 12.6 Å². The Hall–Kier alpha value is -3.48. The number of benzene rings is 2. The van der Waals surface area contributed by atoms with E-state index < -0.39 is 0 Å². The Kier molecular flexibility index (Phi) is 6.39. The maximum Gasteiger partial charge on any atom is 0.250 e. The fourth-order valence-electron chi connectivity index (χ4n) is 3.14. The Morgan fingerprint density at radius 1 is 1.10 bits per heavy atom. The average molecular weight is 395 g/mol. The Labute approximate surface area is 169 Å². The molecule has 0 saturated carbocycles. The first kappa shape index (κ1) is 20.3. The van der Waals surface area contributed by atoms with E-state index in [-0.39, 0.29) is 5.91 Å². The molecule has 1 amide bonds. The number of imidazole rings is 1. The van der Waals surface area contributed by atoms with Crippen molar-refractivity contribution < 1.29 is 19.0 Å². The molecular weight excluding hydrogens is 370 g/mol. The molecule has 0 aliphatic rings. The van der Waals surface area contributed by atoms with E-state index in [4.69, 9.17) is 14.2 Å². The molecule has 1 N–H and O–H groups in total. The molecule has 0 bridgehead atoms. The highest BCUT2D eigenvalue weighted by Crippen LogP contribution is 2.38. The maximum atomic E-state index is 12.5. The number of ether oxygens (including phenoxy) is 3. The third-order valence-corrected chi connectivity index (χ3v) is 4.45. The molecule has 3 aromatic rings. The summed E-state index contributed by atoms with van der Waals surface area (Å²) in [6, 6.07) is 11.4. The number of carbonyl (C=O) groups excluding carboxylic acids is 1. The lowest BCUT2D eigenvalue weighted by Crippen LogP contribution is -2.13. The zero-order chi connectivity index (χ0) is 20.8. The van der Waals surface area contributed by atoms with Gasteiger partial charge in [0.2, 0.25) is 11.7 Å². The van der Waals surface area contributed by atoms with Crippen LogP contribution in [0.5, 0.6) is 17.2 Å². The van der Waals surface area contributed by atoms with Crippen LogP contribution in [0, 0.1) is 0 Å². The fourth-order valence-corrected chi connectivity index (χ4v) is 3.14. The van der Waals surface area contributed by atoms with Crippen LogP contribution >= 0.6 is 0 Å². The minimum absolute atomic E-state index is 0.272. The third kappa shape index (κ3) is 4.34. The van der Waals surface area contributed by atoms with E-state index in [1.807, 2.05) is 28.8 Å². The van der Waals surface area contributed by atoms with Gasteiger partial charge in [-0.3, -0.25) is 10.1 Å². The quantitative estimate of drug-likeness (QED) is 0.581. The lowest BCUT2D eigenvalue weighted by Gasteiger charge is -2.12. The largest absolute Gasteiger partial charge is 0.493 e. The van der Waals surface area contributed by atoms with Crippen molar-refractivity contribution in [2.24, 2.45) is 0 Å². The number of hydrogen-bond donors (Lipinski definition) is 1. The van der Waals surface area contributed by atoms with Gasteiger partial charge in [0.15, 0.2) is 11.5 Å². The highest BCUT2D eigenvalue weighted by Gasteiger charge is 2.13. The summed E-state index contributed by atoms with van der Waals surface area (Å²) < 4.78 is 18.0. The number of methoxy groups -OCH3 is 3. The topological polar surface area (TPSA) is 74.6 Å². The van der Waals surface area contributed by atoms with Gasteiger partial charge in [0.05, 0.1) is 32.4 Å². The lowest BCUT2D eigenvalue weighted by molar-refractivity contribution is -0.111. The molecule has 3 rings (SSSR count). The predicted molar refractivity (Wildman–Crippen MR) is 114 cm³/mol. The van der Waals surface area contributed by atoms with Gasteiger partial charge in [-0.05, 0) is 42.3 Å². The minimum atomic E-state index is -0.272. The molecule has 0 fully saturated rings. The molecule has 0 saturated heterocycles. The molecule has 0 aliphatic heterocycles. The summed E-state index contributed by atoms with van der Waals surface area (Å²) in [6.07, 6.45) is 4.08. The minimum Gasteiger partial charge on any atom is -0.493 e. The number of para-hydroxylation sites is 2. The summed E-state index contributed by atoms with van der Waals surface area (Å²) in [5, 5.41) is 2.87. The number of anilines is 1. The van der Waals surface area contributed by atoms with E-state index in [0.29, 0.717) is 23.2 Å². The van der Waals surface area contributed by atoms with E-state index in [1.54, 1.807) is 39.5 Å². The van der Waals surface area contributed by atoms with Crippen LogP contribution in [0.2, 0.25) is 0 Å². The van der Waals surface area contributed by atoms with Gasteiger partial charge in [0.25, 0.3) is 5.91 Å². The number of rotatable bonds is 8. The zero-order valence-corrected chi connectivity index (χ0v) is 17.1. The SMILES string of the molecule is CCCn1c(NC(=O)/C=C/c2cc(OC)c(OC)c(OC)c2)nc2ccccc21. The van der Waals surface area contributed by atoms with Crippen molar-refractivity contribution in [3.8, 4) is 17.2 Å². The van der Waals surface area contributed by atoms with E-state index in [0.717, 1.165) is 29.6 Å². The number of aromatic nitrogens is 2. The fraction of sp³-hybridized carbons (Fsp3) is 0.273. The smallest absolute Gasteiger partial charge is 0.250 e. The molecule has 0 radical (unpaired) electrons. The molecule has 0 aliphatic carbocycles. The molecule has 29 heavy (non-hydrogen) atoms. The molecule has 0 atom stereocenters. The van der Waals surface area contributed by atoms with E-state index >= 15 is 0 Å². The molecule has 2 aromatic carbocycles. The lowest BCUT2D eigenvalue weighted by atomic mass is 10.1. The summed E-state index contributed by atoms with van der Waals surface area (Å²) in [5.41, 5.74) is 2.60. The van der Waals surface area contributed by atoms with Crippen LogP contribution < -0.4 is 19.5 Å².